The number of carbonyl (C=O) groups is 1. The molecule has 2 saturated carbocycles. The normalized spacial score (nSPS) is 24.1. The zero-order valence-corrected chi connectivity index (χ0v) is 11.0. The van der Waals surface area contributed by atoms with Gasteiger partial charge in [0.15, 0.2) is 0 Å². The Morgan fingerprint density at radius 3 is 2.35 bits per heavy atom. The van der Waals surface area contributed by atoms with Gasteiger partial charge in [0.25, 0.3) is 0 Å². The molecule has 0 aliphatic heterocycles. The Hall–Kier alpha value is -0.570. The molecular formula is C14H25NO2. The van der Waals surface area contributed by atoms with Crippen molar-refractivity contribution < 1.29 is 9.90 Å². The monoisotopic (exact) mass is 239 g/mol. The molecule has 2 aliphatic rings. The highest BCUT2D eigenvalue weighted by molar-refractivity contribution is 5.83. The summed E-state index contributed by atoms with van der Waals surface area (Å²) in [4.78, 5) is 14.6. The van der Waals surface area contributed by atoms with Gasteiger partial charge in [-0.1, -0.05) is 32.6 Å². The molecule has 0 radical (unpaired) electrons. The first kappa shape index (κ1) is 12.9. The van der Waals surface area contributed by atoms with Gasteiger partial charge in [-0.15, -0.1) is 0 Å². The van der Waals surface area contributed by atoms with Gasteiger partial charge in [0.05, 0.1) is 6.61 Å². The van der Waals surface area contributed by atoms with Crippen LogP contribution < -0.4 is 0 Å². The lowest BCUT2D eigenvalue weighted by Gasteiger charge is -2.35. The molecule has 0 spiro atoms. The van der Waals surface area contributed by atoms with Crippen molar-refractivity contribution >= 4 is 5.91 Å². The van der Waals surface area contributed by atoms with Crippen molar-refractivity contribution in [3.8, 4) is 0 Å². The van der Waals surface area contributed by atoms with Gasteiger partial charge < -0.3 is 10.0 Å². The lowest BCUT2D eigenvalue weighted by molar-refractivity contribution is -0.144. The minimum atomic E-state index is -0.141. The number of rotatable bonds is 4. The van der Waals surface area contributed by atoms with Crippen molar-refractivity contribution in [2.24, 2.45) is 5.41 Å². The molecule has 0 aromatic carbocycles. The molecule has 2 fully saturated rings. The van der Waals surface area contributed by atoms with Crippen molar-refractivity contribution in [1.82, 2.24) is 4.90 Å². The van der Waals surface area contributed by atoms with Crippen molar-refractivity contribution in [2.45, 2.75) is 64.3 Å². The van der Waals surface area contributed by atoms with Crippen molar-refractivity contribution in [3.63, 3.8) is 0 Å². The predicted molar refractivity (Wildman–Crippen MR) is 67.6 cm³/mol. The third-order valence-corrected chi connectivity index (χ3v) is 4.59. The van der Waals surface area contributed by atoms with Gasteiger partial charge >= 0.3 is 0 Å². The van der Waals surface area contributed by atoms with E-state index in [9.17, 15) is 9.90 Å². The second kappa shape index (κ2) is 5.38. The van der Waals surface area contributed by atoms with Gasteiger partial charge in [-0.25, -0.2) is 0 Å². The number of nitrogens with zero attached hydrogens (tertiary/aromatic N) is 1. The van der Waals surface area contributed by atoms with Crippen molar-refractivity contribution in [1.29, 1.82) is 0 Å². The molecule has 0 unspecified atom stereocenters. The fourth-order valence-electron chi connectivity index (χ4n) is 3.49. The summed E-state index contributed by atoms with van der Waals surface area (Å²) in [5.74, 6) is 0.302. The Labute approximate surface area is 104 Å². The molecule has 3 nitrogen and oxygen atoms in total. The van der Waals surface area contributed by atoms with Crippen LogP contribution in [0.5, 0.6) is 0 Å². The fraction of sp³-hybridized carbons (Fsp3) is 0.929. The highest BCUT2D eigenvalue weighted by Gasteiger charge is 2.41. The number of amides is 1. The Morgan fingerprint density at radius 1 is 1.24 bits per heavy atom. The van der Waals surface area contributed by atoms with Crippen LogP contribution in [0.1, 0.15) is 58.3 Å². The Kier molecular flexibility index (Phi) is 4.08. The maximum Gasteiger partial charge on any atom is 0.228 e. The van der Waals surface area contributed by atoms with Gasteiger partial charge in [-0.3, -0.25) is 4.79 Å². The number of carbonyl (C=O) groups excluding carboxylic acids is 1. The van der Waals surface area contributed by atoms with Crippen LogP contribution in [0, 0.1) is 5.41 Å². The molecule has 0 saturated heterocycles. The van der Waals surface area contributed by atoms with E-state index >= 15 is 0 Å². The minimum Gasteiger partial charge on any atom is -0.395 e. The molecule has 98 valence electrons. The van der Waals surface area contributed by atoms with Gasteiger partial charge in [-0.2, -0.15) is 0 Å². The average molecular weight is 239 g/mol. The van der Waals surface area contributed by atoms with E-state index in [4.69, 9.17) is 0 Å². The quantitative estimate of drug-likeness (QED) is 0.818. The third-order valence-electron chi connectivity index (χ3n) is 4.59. The summed E-state index contributed by atoms with van der Waals surface area (Å²) in [6, 6.07) is 0.395. The fourth-order valence-corrected chi connectivity index (χ4v) is 3.49. The van der Waals surface area contributed by atoms with E-state index in [1.807, 2.05) is 4.90 Å². The molecule has 3 heteroatoms. The summed E-state index contributed by atoms with van der Waals surface area (Å²) in [5.41, 5.74) is -0.141. The third kappa shape index (κ3) is 2.65. The van der Waals surface area contributed by atoms with Crippen LogP contribution in [-0.2, 0) is 4.79 Å². The Balaban J connectivity index is 2.06. The van der Waals surface area contributed by atoms with Crippen LogP contribution in [0.2, 0.25) is 0 Å². The summed E-state index contributed by atoms with van der Waals surface area (Å²) in [6.45, 7) is 2.74. The lowest BCUT2D eigenvalue weighted by atomic mass is 9.86. The molecule has 0 aromatic rings. The smallest absolute Gasteiger partial charge is 0.228 e. The number of aliphatic hydroxyl groups is 1. The zero-order valence-electron chi connectivity index (χ0n) is 11.0. The predicted octanol–water partition coefficient (Wildman–Crippen LogP) is 2.33. The summed E-state index contributed by atoms with van der Waals surface area (Å²) in [7, 11) is 0. The molecular weight excluding hydrogens is 214 g/mol. The molecule has 0 atom stereocenters. The molecule has 17 heavy (non-hydrogen) atoms. The van der Waals surface area contributed by atoms with Crippen molar-refractivity contribution in [3.05, 3.63) is 0 Å². The van der Waals surface area contributed by atoms with E-state index in [1.54, 1.807) is 0 Å². The van der Waals surface area contributed by atoms with E-state index in [1.165, 1.54) is 25.7 Å². The van der Waals surface area contributed by atoms with Crippen LogP contribution in [0.4, 0.5) is 0 Å². The number of hydrogen-bond acceptors (Lipinski definition) is 2. The minimum absolute atomic E-state index is 0.0956. The zero-order chi connectivity index (χ0) is 12.3. The van der Waals surface area contributed by atoms with Gasteiger partial charge in [0, 0.05) is 18.0 Å². The number of hydrogen-bond donors (Lipinski definition) is 1. The Bertz CT molecular complexity index is 265. The van der Waals surface area contributed by atoms with Crippen LogP contribution >= 0.6 is 0 Å². The van der Waals surface area contributed by atoms with Gasteiger partial charge in [-0.05, 0) is 25.7 Å². The largest absolute Gasteiger partial charge is 0.395 e. The average Bonchev–Trinajstić information content (AvgIpc) is 2.96. The Morgan fingerprint density at radius 2 is 1.82 bits per heavy atom. The molecule has 0 bridgehead atoms. The summed E-state index contributed by atoms with van der Waals surface area (Å²) < 4.78 is 0. The molecule has 0 heterocycles. The lowest BCUT2D eigenvalue weighted by Crippen LogP contribution is -2.47. The SMILES string of the molecule is CC1(C(=O)N(CCO)C2CCCC2)CCCC1. The van der Waals surface area contributed by atoms with Crippen molar-refractivity contribution in [2.75, 3.05) is 13.2 Å². The molecule has 0 aromatic heterocycles. The van der Waals surface area contributed by atoms with Crippen LogP contribution in [0.25, 0.3) is 0 Å². The van der Waals surface area contributed by atoms with Gasteiger partial charge in [0.1, 0.15) is 0 Å². The summed E-state index contributed by atoms with van der Waals surface area (Å²) >= 11 is 0. The maximum absolute atomic E-state index is 12.7. The van der Waals surface area contributed by atoms with E-state index < -0.39 is 0 Å². The maximum atomic E-state index is 12.7. The first-order chi connectivity index (χ1) is 8.17. The molecule has 1 N–H and O–H groups in total. The number of aliphatic hydroxyl groups excluding tert-OH is 1. The summed E-state index contributed by atoms with van der Waals surface area (Å²) in [5, 5.41) is 9.18. The molecule has 2 aliphatic carbocycles. The molecule has 1 amide bonds. The van der Waals surface area contributed by atoms with E-state index in [2.05, 4.69) is 6.92 Å². The van der Waals surface area contributed by atoms with Crippen LogP contribution in [-0.4, -0.2) is 35.1 Å². The highest BCUT2D eigenvalue weighted by atomic mass is 16.3. The second-order valence-corrected chi connectivity index (χ2v) is 5.93. The second-order valence-electron chi connectivity index (χ2n) is 5.93. The highest BCUT2D eigenvalue weighted by Crippen LogP contribution is 2.40. The molecule has 2 rings (SSSR count). The summed E-state index contributed by atoms with van der Waals surface area (Å²) in [6.07, 6.45) is 9.14. The van der Waals surface area contributed by atoms with Crippen LogP contribution in [0.15, 0.2) is 0 Å². The van der Waals surface area contributed by atoms with Crippen LogP contribution in [0.3, 0.4) is 0 Å². The standard InChI is InChI=1S/C14H25NO2/c1-14(8-4-5-9-14)13(17)15(10-11-16)12-6-2-3-7-12/h12,16H,2-11H2,1H3. The first-order valence-corrected chi connectivity index (χ1v) is 7.09. The van der Waals surface area contributed by atoms with E-state index in [0.717, 1.165) is 25.7 Å². The topological polar surface area (TPSA) is 40.5 Å². The van der Waals surface area contributed by atoms with E-state index in [-0.39, 0.29) is 12.0 Å². The first-order valence-electron chi connectivity index (χ1n) is 7.09. The van der Waals surface area contributed by atoms with E-state index in [0.29, 0.717) is 18.5 Å². The van der Waals surface area contributed by atoms with Gasteiger partial charge in [0.2, 0.25) is 5.91 Å².